The Bertz CT molecular complexity index is 345. The molecule has 0 radical (unpaired) electrons. The molecule has 0 aliphatic heterocycles. The number of nitriles is 1. The monoisotopic (exact) mass is 220 g/mol. The molecule has 0 aliphatic rings. The van der Waals surface area contributed by atoms with E-state index >= 15 is 0 Å². The van der Waals surface area contributed by atoms with E-state index in [0.717, 1.165) is 5.56 Å². The molecule has 15 heavy (non-hydrogen) atoms. The van der Waals surface area contributed by atoms with Crippen molar-refractivity contribution in [2.75, 3.05) is 11.5 Å². The average Bonchev–Trinajstić information content (AvgIpc) is 2.28. The number of carbonyl (C=O) groups is 1. The average molecular weight is 220 g/mol. The molecule has 3 nitrogen and oxygen atoms in total. The van der Waals surface area contributed by atoms with Gasteiger partial charge in [0.2, 0.25) is 5.91 Å². The van der Waals surface area contributed by atoms with Crippen LogP contribution in [0.2, 0.25) is 0 Å². The molecule has 1 rings (SSSR count). The van der Waals surface area contributed by atoms with Gasteiger partial charge in [0.25, 0.3) is 0 Å². The number of thioether (sulfide) groups is 1. The number of nitrogens with zero attached hydrogens (tertiary/aromatic N) is 1. The molecule has 1 amide bonds. The molecule has 0 saturated carbocycles. The fourth-order valence-electron chi connectivity index (χ4n) is 1.04. The molecule has 0 saturated heterocycles. The van der Waals surface area contributed by atoms with Gasteiger partial charge >= 0.3 is 0 Å². The topological polar surface area (TPSA) is 52.9 Å². The lowest BCUT2D eigenvalue weighted by Crippen LogP contribution is -2.24. The van der Waals surface area contributed by atoms with Crippen molar-refractivity contribution >= 4 is 17.7 Å². The van der Waals surface area contributed by atoms with Crippen molar-refractivity contribution in [3.63, 3.8) is 0 Å². The highest BCUT2D eigenvalue weighted by molar-refractivity contribution is 8.00. The molecular formula is C11H12N2OS. The predicted molar refractivity (Wildman–Crippen MR) is 61.2 cm³/mol. The molecule has 1 aromatic carbocycles. The van der Waals surface area contributed by atoms with Crippen LogP contribution in [-0.4, -0.2) is 17.4 Å². The highest BCUT2D eigenvalue weighted by Gasteiger charge is 2.00. The Morgan fingerprint density at radius 1 is 1.40 bits per heavy atom. The molecule has 4 heteroatoms. The maximum absolute atomic E-state index is 11.2. The summed E-state index contributed by atoms with van der Waals surface area (Å²) in [5.74, 6) is 0.679. The summed E-state index contributed by atoms with van der Waals surface area (Å²) in [6.45, 7) is 0.548. The third-order valence-electron chi connectivity index (χ3n) is 1.73. The largest absolute Gasteiger partial charge is 0.351 e. The van der Waals surface area contributed by atoms with Gasteiger partial charge in [-0.15, -0.1) is 11.8 Å². The first-order valence-electron chi connectivity index (χ1n) is 4.58. The van der Waals surface area contributed by atoms with Crippen LogP contribution in [-0.2, 0) is 11.3 Å². The van der Waals surface area contributed by atoms with Crippen LogP contribution >= 0.6 is 11.8 Å². The van der Waals surface area contributed by atoms with Crippen molar-refractivity contribution in [1.82, 2.24) is 5.32 Å². The Kier molecular flexibility index (Phi) is 5.34. The van der Waals surface area contributed by atoms with E-state index in [1.54, 1.807) is 0 Å². The summed E-state index contributed by atoms with van der Waals surface area (Å²) in [5, 5.41) is 11.1. The van der Waals surface area contributed by atoms with Crippen molar-refractivity contribution in [2.45, 2.75) is 6.54 Å². The molecule has 0 aliphatic carbocycles. The van der Waals surface area contributed by atoms with E-state index in [-0.39, 0.29) is 5.91 Å². The van der Waals surface area contributed by atoms with Gasteiger partial charge in [0, 0.05) is 6.54 Å². The Balaban J connectivity index is 2.20. The van der Waals surface area contributed by atoms with E-state index in [9.17, 15) is 4.79 Å². The summed E-state index contributed by atoms with van der Waals surface area (Å²) in [4.78, 5) is 11.2. The standard InChI is InChI=1S/C11H12N2OS/c12-6-7-15-9-11(14)13-8-10-4-2-1-3-5-10/h1-5H,7-9H2,(H,13,14). The van der Waals surface area contributed by atoms with Crippen LogP contribution in [0.5, 0.6) is 0 Å². The zero-order chi connectivity index (χ0) is 10.9. The minimum Gasteiger partial charge on any atom is -0.351 e. The van der Waals surface area contributed by atoms with E-state index in [0.29, 0.717) is 18.1 Å². The number of carbonyl (C=O) groups excluding carboxylic acids is 1. The summed E-state index contributed by atoms with van der Waals surface area (Å²) in [6.07, 6.45) is 0. The van der Waals surface area contributed by atoms with Gasteiger partial charge in [0.1, 0.15) is 0 Å². The maximum atomic E-state index is 11.2. The molecular weight excluding hydrogens is 208 g/mol. The van der Waals surface area contributed by atoms with Crippen LogP contribution in [0.4, 0.5) is 0 Å². The first kappa shape index (κ1) is 11.6. The molecule has 0 atom stereocenters. The first-order valence-corrected chi connectivity index (χ1v) is 5.73. The minimum atomic E-state index is -0.0286. The minimum absolute atomic E-state index is 0.0286. The highest BCUT2D eigenvalue weighted by atomic mass is 32.2. The van der Waals surface area contributed by atoms with Gasteiger partial charge in [-0.25, -0.2) is 0 Å². The Labute approximate surface area is 93.5 Å². The van der Waals surface area contributed by atoms with Gasteiger partial charge in [-0.1, -0.05) is 30.3 Å². The van der Waals surface area contributed by atoms with Crippen molar-refractivity contribution in [1.29, 1.82) is 5.26 Å². The molecule has 1 N–H and O–H groups in total. The third kappa shape index (κ3) is 5.08. The van der Waals surface area contributed by atoms with Crippen LogP contribution in [0.15, 0.2) is 30.3 Å². The smallest absolute Gasteiger partial charge is 0.230 e. The maximum Gasteiger partial charge on any atom is 0.230 e. The lowest BCUT2D eigenvalue weighted by molar-refractivity contribution is -0.118. The molecule has 78 valence electrons. The van der Waals surface area contributed by atoms with Crippen LogP contribution < -0.4 is 5.32 Å². The fraction of sp³-hybridized carbons (Fsp3) is 0.273. The molecule has 0 spiro atoms. The number of rotatable bonds is 5. The summed E-state index contributed by atoms with van der Waals surface area (Å²) < 4.78 is 0. The Hall–Kier alpha value is -1.47. The van der Waals surface area contributed by atoms with Crippen LogP contribution in [0.1, 0.15) is 5.56 Å². The lowest BCUT2D eigenvalue weighted by Gasteiger charge is -2.03. The summed E-state index contributed by atoms with van der Waals surface area (Å²) >= 11 is 1.32. The SMILES string of the molecule is N#CCSCC(=O)NCc1ccccc1. The van der Waals surface area contributed by atoms with Crippen LogP contribution in [0, 0.1) is 11.3 Å². The quantitative estimate of drug-likeness (QED) is 0.766. The molecule has 0 unspecified atom stereocenters. The fourth-order valence-corrected chi connectivity index (χ4v) is 1.52. The normalized spacial score (nSPS) is 9.27. The van der Waals surface area contributed by atoms with Gasteiger partial charge in [0.15, 0.2) is 0 Å². The number of amides is 1. The molecule has 1 aromatic rings. The Morgan fingerprint density at radius 3 is 2.80 bits per heavy atom. The zero-order valence-corrected chi connectivity index (χ0v) is 9.09. The second-order valence-electron chi connectivity index (χ2n) is 2.91. The summed E-state index contributed by atoms with van der Waals surface area (Å²) in [7, 11) is 0. The van der Waals surface area contributed by atoms with Crippen molar-refractivity contribution in [2.24, 2.45) is 0 Å². The number of benzene rings is 1. The number of hydrogen-bond donors (Lipinski definition) is 1. The van der Waals surface area contributed by atoms with Gasteiger partial charge in [-0.3, -0.25) is 4.79 Å². The third-order valence-corrected chi connectivity index (χ3v) is 2.53. The lowest BCUT2D eigenvalue weighted by atomic mass is 10.2. The second kappa shape index (κ2) is 6.91. The Morgan fingerprint density at radius 2 is 2.13 bits per heavy atom. The molecule has 0 bridgehead atoms. The van der Waals surface area contributed by atoms with E-state index in [4.69, 9.17) is 5.26 Å². The molecule has 0 fully saturated rings. The predicted octanol–water partition coefficient (Wildman–Crippen LogP) is 1.56. The second-order valence-corrected chi connectivity index (χ2v) is 3.90. The van der Waals surface area contributed by atoms with Crippen LogP contribution in [0.25, 0.3) is 0 Å². The van der Waals surface area contributed by atoms with Gasteiger partial charge < -0.3 is 5.32 Å². The summed E-state index contributed by atoms with van der Waals surface area (Å²) in [6, 6.07) is 11.7. The van der Waals surface area contributed by atoms with Crippen LogP contribution in [0.3, 0.4) is 0 Å². The van der Waals surface area contributed by atoms with Crippen molar-refractivity contribution in [3.05, 3.63) is 35.9 Å². The van der Waals surface area contributed by atoms with Crippen molar-refractivity contribution in [3.8, 4) is 6.07 Å². The van der Waals surface area contributed by atoms with E-state index in [1.807, 2.05) is 36.4 Å². The number of nitrogens with one attached hydrogen (secondary N) is 1. The first-order chi connectivity index (χ1) is 7.33. The molecule has 0 aromatic heterocycles. The van der Waals surface area contributed by atoms with Gasteiger partial charge in [-0.05, 0) is 5.56 Å². The van der Waals surface area contributed by atoms with Gasteiger partial charge in [-0.2, -0.15) is 5.26 Å². The van der Waals surface area contributed by atoms with Gasteiger partial charge in [0.05, 0.1) is 17.6 Å². The zero-order valence-electron chi connectivity index (χ0n) is 8.27. The van der Waals surface area contributed by atoms with E-state index in [2.05, 4.69) is 5.32 Å². The molecule has 0 heterocycles. The summed E-state index contributed by atoms with van der Waals surface area (Å²) in [5.41, 5.74) is 1.08. The number of hydrogen-bond acceptors (Lipinski definition) is 3. The van der Waals surface area contributed by atoms with E-state index in [1.165, 1.54) is 11.8 Å². The van der Waals surface area contributed by atoms with E-state index < -0.39 is 0 Å². The van der Waals surface area contributed by atoms with Crippen molar-refractivity contribution < 1.29 is 4.79 Å². The highest BCUT2D eigenvalue weighted by Crippen LogP contribution is 1.99.